The van der Waals surface area contributed by atoms with Gasteiger partial charge in [-0.25, -0.2) is 9.55 Å². The summed E-state index contributed by atoms with van der Waals surface area (Å²) < 4.78 is 39.3. The molecular weight excluding hydrogens is 329 g/mol. The topological polar surface area (TPSA) is 90.1 Å². The number of amides is 1. The highest BCUT2D eigenvalue weighted by molar-refractivity contribution is 6.34. The molecule has 0 bridgehead atoms. The molecule has 2 aromatic rings. The molecule has 7 nitrogen and oxygen atoms in total. The number of nitro groups is 1. The zero-order valence-electron chi connectivity index (χ0n) is 12.1. The highest BCUT2D eigenvalue weighted by Gasteiger charge is 2.34. The zero-order chi connectivity index (χ0) is 17.6. The van der Waals surface area contributed by atoms with Crippen LogP contribution in [0.25, 0.3) is 11.6 Å². The fourth-order valence-electron chi connectivity index (χ4n) is 2.36. The molecule has 0 unspecified atom stereocenters. The van der Waals surface area contributed by atoms with Gasteiger partial charge in [0.25, 0.3) is 5.91 Å². The van der Waals surface area contributed by atoms with Crippen LogP contribution in [0.5, 0.6) is 0 Å². The third kappa shape index (κ3) is 2.51. The van der Waals surface area contributed by atoms with Gasteiger partial charge in [-0.05, 0) is 17.1 Å². The van der Waals surface area contributed by atoms with E-state index in [0.29, 0.717) is 0 Å². The van der Waals surface area contributed by atoms with Crippen LogP contribution in [0, 0.1) is 10.1 Å². The van der Waals surface area contributed by atoms with Crippen molar-refractivity contribution in [1.29, 1.82) is 0 Å². The van der Waals surface area contributed by atoms with Gasteiger partial charge in [0.1, 0.15) is 6.20 Å². The molecule has 0 saturated heterocycles. The van der Waals surface area contributed by atoms with Crippen LogP contribution in [0.1, 0.15) is 17.0 Å². The predicted octanol–water partition coefficient (Wildman–Crippen LogP) is 2.84. The molecule has 24 heavy (non-hydrogen) atoms. The molecule has 2 heterocycles. The maximum atomic E-state index is 12.7. The third-order valence-electron chi connectivity index (χ3n) is 3.59. The van der Waals surface area contributed by atoms with E-state index in [9.17, 15) is 28.1 Å². The normalized spacial score (nSPS) is 15.5. The van der Waals surface area contributed by atoms with Gasteiger partial charge in [-0.2, -0.15) is 13.2 Å². The van der Waals surface area contributed by atoms with Crippen molar-refractivity contribution in [1.82, 2.24) is 9.55 Å². The number of carbonyl (C=O) groups excluding carboxylic acids is 1. The summed E-state index contributed by atoms with van der Waals surface area (Å²) in [4.78, 5) is 26.0. The Morgan fingerprint density at radius 1 is 1.38 bits per heavy atom. The maximum absolute atomic E-state index is 12.7. The lowest BCUT2D eigenvalue weighted by atomic mass is 10.0. The Morgan fingerprint density at radius 2 is 2.08 bits per heavy atom. The van der Waals surface area contributed by atoms with Crippen molar-refractivity contribution in [2.24, 2.45) is 7.05 Å². The average molecular weight is 338 g/mol. The number of hydrogen-bond acceptors (Lipinski definition) is 4. The van der Waals surface area contributed by atoms with Gasteiger partial charge in [-0.15, -0.1) is 0 Å². The van der Waals surface area contributed by atoms with Gasteiger partial charge in [-0.3, -0.25) is 4.79 Å². The first kappa shape index (κ1) is 15.7. The third-order valence-corrected chi connectivity index (χ3v) is 3.59. The monoisotopic (exact) mass is 338 g/mol. The average Bonchev–Trinajstić information content (AvgIpc) is 2.99. The molecule has 1 amide bonds. The van der Waals surface area contributed by atoms with E-state index in [4.69, 9.17) is 0 Å². The van der Waals surface area contributed by atoms with E-state index in [1.165, 1.54) is 23.8 Å². The number of fused-ring (bicyclic) bond motifs is 1. The Labute approximate surface area is 132 Å². The number of halogens is 3. The van der Waals surface area contributed by atoms with Crippen molar-refractivity contribution < 1.29 is 22.9 Å². The lowest BCUT2D eigenvalue weighted by Gasteiger charge is -2.07. The Kier molecular flexibility index (Phi) is 3.39. The van der Waals surface area contributed by atoms with E-state index in [1.54, 1.807) is 0 Å². The summed E-state index contributed by atoms with van der Waals surface area (Å²) in [6.07, 6.45) is -2.19. The lowest BCUT2D eigenvalue weighted by Crippen LogP contribution is -2.06. The van der Waals surface area contributed by atoms with Crippen molar-refractivity contribution in [2.75, 3.05) is 5.32 Å². The molecule has 0 radical (unpaired) electrons. The van der Waals surface area contributed by atoms with Crippen LogP contribution >= 0.6 is 0 Å². The van der Waals surface area contributed by atoms with Gasteiger partial charge >= 0.3 is 12.0 Å². The van der Waals surface area contributed by atoms with Gasteiger partial charge in [0.2, 0.25) is 5.82 Å². The fraction of sp³-hybridized carbons (Fsp3) is 0.143. The number of anilines is 1. The maximum Gasteiger partial charge on any atom is 0.416 e. The summed E-state index contributed by atoms with van der Waals surface area (Å²) >= 11 is 0. The van der Waals surface area contributed by atoms with Crippen LogP contribution in [0.4, 0.5) is 24.7 Å². The zero-order valence-corrected chi connectivity index (χ0v) is 12.1. The first-order valence-corrected chi connectivity index (χ1v) is 6.59. The van der Waals surface area contributed by atoms with Crippen LogP contribution < -0.4 is 5.32 Å². The lowest BCUT2D eigenvalue weighted by molar-refractivity contribution is -0.391. The minimum absolute atomic E-state index is 0.0322. The smallest absolute Gasteiger partial charge is 0.358 e. The van der Waals surface area contributed by atoms with E-state index < -0.39 is 22.6 Å². The van der Waals surface area contributed by atoms with E-state index in [1.807, 2.05) is 0 Å². The Hall–Kier alpha value is -3.17. The molecule has 0 spiro atoms. The van der Waals surface area contributed by atoms with Crippen molar-refractivity contribution in [3.8, 4) is 0 Å². The molecule has 1 aliphatic rings. The molecule has 1 aromatic heterocycles. The summed E-state index contributed by atoms with van der Waals surface area (Å²) in [6.45, 7) is 0. The molecule has 124 valence electrons. The highest BCUT2D eigenvalue weighted by Crippen LogP contribution is 2.38. The number of nitrogens with one attached hydrogen (secondary N) is 1. The quantitative estimate of drug-likeness (QED) is 0.518. The number of hydrogen-bond donors (Lipinski definition) is 1. The van der Waals surface area contributed by atoms with Crippen LogP contribution in [0.3, 0.4) is 0 Å². The summed E-state index contributed by atoms with van der Waals surface area (Å²) in [5, 5.41) is 13.2. The first-order valence-electron chi connectivity index (χ1n) is 6.59. The molecule has 0 aliphatic carbocycles. The van der Waals surface area contributed by atoms with Crippen molar-refractivity contribution in [2.45, 2.75) is 6.18 Å². The molecule has 1 aliphatic heterocycles. The van der Waals surface area contributed by atoms with Crippen LogP contribution in [-0.4, -0.2) is 20.4 Å². The Balaban J connectivity index is 2.06. The largest absolute Gasteiger partial charge is 0.416 e. The van der Waals surface area contributed by atoms with Gasteiger partial charge in [0, 0.05) is 17.3 Å². The summed E-state index contributed by atoms with van der Waals surface area (Å²) in [6, 6.07) is 2.89. The number of rotatable bonds is 2. The minimum Gasteiger partial charge on any atom is -0.358 e. The molecule has 0 fully saturated rings. The first-order chi connectivity index (χ1) is 11.2. The summed E-state index contributed by atoms with van der Waals surface area (Å²) in [5.41, 5.74) is -0.485. The molecule has 0 saturated carbocycles. The Morgan fingerprint density at radius 3 is 2.67 bits per heavy atom. The molecule has 10 heteroatoms. The van der Waals surface area contributed by atoms with E-state index in [2.05, 4.69) is 10.3 Å². The SMILES string of the molecule is Cn1c([N+](=O)[O-])cnc1/C=C1/C(=O)Nc2cc(C(F)(F)F)ccc21. The second-order valence-electron chi connectivity index (χ2n) is 5.06. The van der Waals surface area contributed by atoms with Crippen molar-refractivity contribution >= 4 is 29.1 Å². The summed E-state index contributed by atoms with van der Waals surface area (Å²) in [7, 11) is 1.40. The van der Waals surface area contributed by atoms with Crippen molar-refractivity contribution in [3.05, 3.63) is 51.5 Å². The number of alkyl halides is 3. The fourth-order valence-corrected chi connectivity index (χ4v) is 2.36. The van der Waals surface area contributed by atoms with Crippen LogP contribution in [0.2, 0.25) is 0 Å². The second kappa shape index (κ2) is 5.18. The minimum atomic E-state index is -4.52. The Bertz CT molecular complexity index is 899. The van der Waals surface area contributed by atoms with E-state index in [0.717, 1.165) is 18.3 Å². The van der Waals surface area contributed by atoms with Gasteiger partial charge in [0.15, 0.2) is 0 Å². The number of carbonyl (C=O) groups is 1. The molecule has 0 atom stereocenters. The molecule has 1 N–H and O–H groups in total. The van der Waals surface area contributed by atoms with Gasteiger partial charge in [-0.1, -0.05) is 6.07 Å². The van der Waals surface area contributed by atoms with Gasteiger partial charge in [0.05, 0.1) is 18.2 Å². The van der Waals surface area contributed by atoms with Crippen LogP contribution in [0.15, 0.2) is 24.4 Å². The number of benzene rings is 1. The standard InChI is InChI=1S/C14H9F3N4O3/c1-20-11(18-6-12(20)21(23)24)5-9-8-3-2-7(14(15,16)17)4-10(8)19-13(9)22/h2-6H,1H3,(H,19,22)/b9-5+. The van der Waals surface area contributed by atoms with Gasteiger partial charge < -0.3 is 15.4 Å². The highest BCUT2D eigenvalue weighted by atomic mass is 19.4. The number of nitrogens with zero attached hydrogens (tertiary/aromatic N) is 3. The van der Waals surface area contributed by atoms with E-state index >= 15 is 0 Å². The summed E-state index contributed by atoms with van der Waals surface area (Å²) in [5.74, 6) is -0.734. The second-order valence-corrected chi connectivity index (χ2v) is 5.06. The molecular formula is C14H9F3N4O3. The number of aromatic nitrogens is 2. The molecule has 1 aromatic carbocycles. The number of imidazole rings is 1. The molecule has 3 rings (SSSR count). The predicted molar refractivity (Wildman–Crippen MR) is 77.8 cm³/mol. The van der Waals surface area contributed by atoms with Crippen molar-refractivity contribution in [3.63, 3.8) is 0 Å². The van der Waals surface area contributed by atoms with E-state index in [-0.39, 0.29) is 28.5 Å². The van der Waals surface area contributed by atoms with Crippen LogP contribution in [-0.2, 0) is 18.0 Å².